The molecule has 96 valence electrons. The van der Waals surface area contributed by atoms with Crippen LogP contribution in [0.1, 0.15) is 37.9 Å². The Bertz CT molecular complexity index is 396. The molecule has 4 nitrogen and oxygen atoms in total. The second-order valence-corrected chi connectivity index (χ2v) is 5.16. The predicted octanol–water partition coefficient (Wildman–Crippen LogP) is 1.69. The normalized spacial score (nSPS) is 13.5. The third-order valence-corrected chi connectivity index (χ3v) is 2.79. The fraction of sp³-hybridized carbons (Fsp3) is 0.538. The maximum absolute atomic E-state index is 9.96. The molecule has 4 heteroatoms. The minimum absolute atomic E-state index is 0.00190. The fourth-order valence-corrected chi connectivity index (χ4v) is 1.60. The molecule has 1 aromatic carbocycles. The monoisotopic (exact) mass is 239 g/mol. The second-order valence-electron chi connectivity index (χ2n) is 5.16. The van der Waals surface area contributed by atoms with Gasteiger partial charge in [-0.3, -0.25) is 0 Å². The van der Waals surface area contributed by atoms with Crippen molar-refractivity contribution in [2.45, 2.75) is 32.2 Å². The Labute approximate surface area is 102 Å². The van der Waals surface area contributed by atoms with Crippen LogP contribution in [-0.2, 0) is 5.41 Å². The Hall–Kier alpha value is -1.26. The molecule has 0 radical (unpaired) electrons. The van der Waals surface area contributed by atoms with Crippen LogP contribution in [0.4, 0.5) is 0 Å². The van der Waals surface area contributed by atoms with Crippen LogP contribution in [0, 0.1) is 0 Å². The summed E-state index contributed by atoms with van der Waals surface area (Å²) in [5.41, 5.74) is 7.20. The molecule has 1 unspecified atom stereocenters. The molecule has 0 aliphatic carbocycles. The van der Waals surface area contributed by atoms with E-state index in [2.05, 4.69) is 20.8 Å². The summed E-state index contributed by atoms with van der Waals surface area (Å²) < 4.78 is 5.13. The van der Waals surface area contributed by atoms with Gasteiger partial charge < -0.3 is 20.7 Å². The Morgan fingerprint density at radius 3 is 2.35 bits per heavy atom. The van der Waals surface area contributed by atoms with Gasteiger partial charge in [-0.1, -0.05) is 20.8 Å². The molecule has 0 spiro atoms. The van der Waals surface area contributed by atoms with E-state index in [-0.39, 0.29) is 17.8 Å². The molecule has 17 heavy (non-hydrogen) atoms. The lowest BCUT2D eigenvalue weighted by atomic mass is 9.85. The van der Waals surface area contributed by atoms with E-state index in [9.17, 15) is 5.11 Å². The van der Waals surface area contributed by atoms with Crippen LogP contribution in [0.25, 0.3) is 0 Å². The predicted molar refractivity (Wildman–Crippen MR) is 67.4 cm³/mol. The SMILES string of the molecule is COc1cc(C(C)(C)C)cc(C(N)CO)c1O. The standard InChI is InChI=1S/C13H21NO3/c1-13(2,3)8-5-9(10(14)7-15)12(16)11(6-8)17-4/h5-6,10,15-16H,7,14H2,1-4H3. The summed E-state index contributed by atoms with van der Waals surface area (Å²) in [6.07, 6.45) is 0. The van der Waals surface area contributed by atoms with Crippen molar-refractivity contribution in [1.82, 2.24) is 0 Å². The van der Waals surface area contributed by atoms with Crippen molar-refractivity contribution < 1.29 is 14.9 Å². The molecule has 0 amide bonds. The van der Waals surface area contributed by atoms with Crippen LogP contribution in [0.3, 0.4) is 0 Å². The average molecular weight is 239 g/mol. The van der Waals surface area contributed by atoms with Gasteiger partial charge in [0.1, 0.15) is 0 Å². The van der Waals surface area contributed by atoms with Crippen LogP contribution < -0.4 is 10.5 Å². The summed E-state index contributed by atoms with van der Waals surface area (Å²) in [6, 6.07) is 3.01. The Morgan fingerprint density at radius 2 is 1.94 bits per heavy atom. The number of aromatic hydroxyl groups is 1. The van der Waals surface area contributed by atoms with Gasteiger partial charge in [0.25, 0.3) is 0 Å². The molecule has 0 bridgehead atoms. The van der Waals surface area contributed by atoms with Gasteiger partial charge in [0.05, 0.1) is 19.8 Å². The molecule has 0 aliphatic heterocycles. The van der Waals surface area contributed by atoms with Gasteiger partial charge in [-0.2, -0.15) is 0 Å². The molecule has 1 rings (SSSR count). The number of benzene rings is 1. The molecule has 1 aromatic rings. The number of phenols is 1. The van der Waals surface area contributed by atoms with Gasteiger partial charge in [-0.25, -0.2) is 0 Å². The van der Waals surface area contributed by atoms with Gasteiger partial charge >= 0.3 is 0 Å². The van der Waals surface area contributed by atoms with Crippen LogP contribution in [0.5, 0.6) is 11.5 Å². The number of methoxy groups -OCH3 is 1. The first-order valence-corrected chi connectivity index (χ1v) is 5.59. The topological polar surface area (TPSA) is 75.7 Å². The van der Waals surface area contributed by atoms with Gasteiger partial charge in [0.15, 0.2) is 11.5 Å². The van der Waals surface area contributed by atoms with Crippen LogP contribution >= 0.6 is 0 Å². The lowest BCUT2D eigenvalue weighted by Crippen LogP contribution is -2.18. The third-order valence-electron chi connectivity index (χ3n) is 2.79. The minimum atomic E-state index is -0.605. The number of rotatable bonds is 3. The van der Waals surface area contributed by atoms with E-state index in [0.717, 1.165) is 5.56 Å². The summed E-state index contributed by atoms with van der Waals surface area (Å²) in [7, 11) is 1.50. The molecule has 0 aromatic heterocycles. The van der Waals surface area contributed by atoms with E-state index in [0.29, 0.717) is 11.3 Å². The summed E-state index contributed by atoms with van der Waals surface area (Å²) >= 11 is 0. The van der Waals surface area contributed by atoms with Gasteiger partial charge in [0, 0.05) is 5.56 Å². The molecule has 0 fully saturated rings. The van der Waals surface area contributed by atoms with Crippen molar-refractivity contribution in [2.24, 2.45) is 5.73 Å². The van der Waals surface area contributed by atoms with Crippen molar-refractivity contribution >= 4 is 0 Å². The van der Waals surface area contributed by atoms with Crippen molar-refractivity contribution in [3.8, 4) is 11.5 Å². The molecular formula is C13H21NO3. The minimum Gasteiger partial charge on any atom is -0.504 e. The van der Waals surface area contributed by atoms with Gasteiger partial charge in [-0.05, 0) is 23.1 Å². The third kappa shape index (κ3) is 2.90. The van der Waals surface area contributed by atoms with Crippen molar-refractivity contribution in [2.75, 3.05) is 13.7 Å². The number of aliphatic hydroxyl groups is 1. The quantitative estimate of drug-likeness (QED) is 0.750. The average Bonchev–Trinajstić information content (AvgIpc) is 2.26. The fourth-order valence-electron chi connectivity index (χ4n) is 1.60. The molecule has 0 heterocycles. The number of aliphatic hydroxyl groups excluding tert-OH is 1. The molecule has 1 atom stereocenters. The lowest BCUT2D eigenvalue weighted by molar-refractivity contribution is 0.264. The number of hydrogen-bond donors (Lipinski definition) is 3. The summed E-state index contributed by atoms with van der Waals surface area (Å²) in [5, 5.41) is 19.1. The lowest BCUT2D eigenvalue weighted by Gasteiger charge is -2.23. The molecule has 0 aliphatic rings. The van der Waals surface area contributed by atoms with Crippen LogP contribution in [0.15, 0.2) is 12.1 Å². The van der Waals surface area contributed by atoms with E-state index < -0.39 is 6.04 Å². The smallest absolute Gasteiger partial charge is 0.162 e. The first kappa shape index (κ1) is 13.8. The molecule has 4 N–H and O–H groups in total. The highest BCUT2D eigenvalue weighted by Crippen LogP contribution is 2.37. The number of nitrogens with two attached hydrogens (primary N) is 1. The Morgan fingerprint density at radius 1 is 1.35 bits per heavy atom. The van der Waals surface area contributed by atoms with E-state index in [1.807, 2.05) is 6.07 Å². The number of phenolic OH excluding ortho intramolecular Hbond substituents is 1. The van der Waals surface area contributed by atoms with E-state index in [1.54, 1.807) is 6.07 Å². The first-order chi connectivity index (χ1) is 7.81. The van der Waals surface area contributed by atoms with Crippen LogP contribution in [-0.4, -0.2) is 23.9 Å². The number of ether oxygens (including phenoxy) is 1. The van der Waals surface area contributed by atoms with Crippen molar-refractivity contribution in [1.29, 1.82) is 0 Å². The van der Waals surface area contributed by atoms with E-state index >= 15 is 0 Å². The second kappa shape index (κ2) is 4.94. The molecule has 0 saturated heterocycles. The zero-order chi connectivity index (χ0) is 13.2. The molecular weight excluding hydrogens is 218 g/mol. The maximum atomic E-state index is 9.96. The highest BCUT2D eigenvalue weighted by atomic mass is 16.5. The summed E-state index contributed by atoms with van der Waals surface area (Å²) in [4.78, 5) is 0. The molecule has 0 saturated carbocycles. The zero-order valence-corrected chi connectivity index (χ0v) is 10.8. The summed E-state index contributed by atoms with van der Waals surface area (Å²) in [6.45, 7) is 5.97. The van der Waals surface area contributed by atoms with Gasteiger partial charge in [-0.15, -0.1) is 0 Å². The van der Waals surface area contributed by atoms with Crippen molar-refractivity contribution in [3.63, 3.8) is 0 Å². The summed E-state index contributed by atoms with van der Waals surface area (Å²) in [5.74, 6) is 0.387. The zero-order valence-electron chi connectivity index (χ0n) is 10.8. The maximum Gasteiger partial charge on any atom is 0.162 e. The van der Waals surface area contributed by atoms with E-state index in [1.165, 1.54) is 7.11 Å². The highest BCUT2D eigenvalue weighted by molar-refractivity contribution is 5.51. The van der Waals surface area contributed by atoms with Gasteiger partial charge in [0.2, 0.25) is 0 Å². The Balaban J connectivity index is 3.39. The highest BCUT2D eigenvalue weighted by Gasteiger charge is 2.21. The van der Waals surface area contributed by atoms with E-state index in [4.69, 9.17) is 15.6 Å². The Kier molecular flexibility index (Phi) is 4.01. The van der Waals surface area contributed by atoms with Crippen LogP contribution in [0.2, 0.25) is 0 Å². The van der Waals surface area contributed by atoms with Crippen molar-refractivity contribution in [3.05, 3.63) is 23.3 Å². The number of hydrogen-bond acceptors (Lipinski definition) is 4. The largest absolute Gasteiger partial charge is 0.504 e. The first-order valence-electron chi connectivity index (χ1n) is 5.59.